The maximum Gasteiger partial charge on any atom is 0.255 e. The summed E-state index contributed by atoms with van der Waals surface area (Å²) in [7, 11) is 1.92. The number of amides is 1. The van der Waals surface area contributed by atoms with Gasteiger partial charge >= 0.3 is 0 Å². The SMILES string of the molecule is Cc1cc(CN(CC2CC=CCC2)C(=O)c2ccccc2Cl)nn1C. The molecule has 132 valence electrons. The number of nitrogens with zero attached hydrogens (tertiary/aromatic N) is 3. The van der Waals surface area contributed by atoms with Gasteiger partial charge in [0.25, 0.3) is 5.91 Å². The van der Waals surface area contributed by atoms with E-state index >= 15 is 0 Å². The van der Waals surface area contributed by atoms with Crippen LogP contribution < -0.4 is 0 Å². The predicted molar refractivity (Wildman–Crippen MR) is 101 cm³/mol. The van der Waals surface area contributed by atoms with Crippen LogP contribution in [-0.2, 0) is 13.6 Å². The van der Waals surface area contributed by atoms with Crippen molar-refractivity contribution in [2.45, 2.75) is 32.7 Å². The zero-order valence-corrected chi connectivity index (χ0v) is 15.5. The average molecular weight is 358 g/mol. The molecule has 3 rings (SSSR count). The zero-order valence-electron chi connectivity index (χ0n) is 14.8. The highest BCUT2D eigenvalue weighted by atomic mass is 35.5. The van der Waals surface area contributed by atoms with Crippen LogP contribution in [0.4, 0.5) is 0 Å². The molecule has 1 amide bonds. The summed E-state index contributed by atoms with van der Waals surface area (Å²) in [6, 6.07) is 9.29. The summed E-state index contributed by atoms with van der Waals surface area (Å²) < 4.78 is 1.84. The molecule has 1 aromatic carbocycles. The van der Waals surface area contributed by atoms with Crippen molar-refractivity contribution in [2.24, 2.45) is 13.0 Å². The van der Waals surface area contributed by atoms with Crippen LogP contribution in [0.15, 0.2) is 42.5 Å². The monoisotopic (exact) mass is 357 g/mol. The predicted octanol–water partition coefficient (Wildman–Crippen LogP) is 4.38. The molecule has 4 nitrogen and oxygen atoms in total. The molecule has 1 aliphatic rings. The minimum Gasteiger partial charge on any atom is -0.332 e. The molecular weight excluding hydrogens is 334 g/mol. The highest BCUT2D eigenvalue weighted by Crippen LogP contribution is 2.23. The maximum atomic E-state index is 13.1. The number of aromatic nitrogens is 2. The molecule has 2 aromatic rings. The number of rotatable bonds is 5. The lowest BCUT2D eigenvalue weighted by atomic mass is 9.93. The number of aryl methyl sites for hydroxylation is 2. The Bertz CT molecular complexity index is 761. The van der Waals surface area contributed by atoms with Gasteiger partial charge in [-0.2, -0.15) is 5.10 Å². The highest BCUT2D eigenvalue weighted by Gasteiger charge is 2.23. The lowest BCUT2D eigenvalue weighted by Crippen LogP contribution is -2.35. The number of carbonyl (C=O) groups is 1. The van der Waals surface area contributed by atoms with Gasteiger partial charge in [0.2, 0.25) is 0 Å². The average Bonchev–Trinajstić information content (AvgIpc) is 2.93. The molecule has 0 radical (unpaired) electrons. The Morgan fingerprint density at radius 3 is 2.80 bits per heavy atom. The number of benzene rings is 1. The van der Waals surface area contributed by atoms with E-state index in [0.717, 1.165) is 37.2 Å². The Balaban J connectivity index is 1.83. The van der Waals surface area contributed by atoms with Gasteiger partial charge in [0.15, 0.2) is 0 Å². The lowest BCUT2D eigenvalue weighted by molar-refractivity contribution is 0.0707. The van der Waals surface area contributed by atoms with Gasteiger partial charge in [0, 0.05) is 19.3 Å². The fraction of sp³-hybridized carbons (Fsp3) is 0.400. The molecule has 5 heteroatoms. The van der Waals surface area contributed by atoms with Gasteiger partial charge in [-0.05, 0) is 50.3 Å². The molecule has 1 aliphatic carbocycles. The van der Waals surface area contributed by atoms with Crippen molar-refractivity contribution in [2.75, 3.05) is 6.54 Å². The summed E-state index contributed by atoms with van der Waals surface area (Å²) in [5.41, 5.74) is 2.55. The van der Waals surface area contributed by atoms with Crippen LogP contribution in [0.5, 0.6) is 0 Å². The van der Waals surface area contributed by atoms with E-state index in [1.165, 1.54) is 0 Å². The first-order valence-electron chi connectivity index (χ1n) is 8.73. The maximum absolute atomic E-state index is 13.1. The molecule has 0 saturated carbocycles. The standard InChI is InChI=1S/C20H24ClN3O/c1-15-12-17(22-23(15)2)14-24(13-16-8-4-3-5-9-16)20(25)18-10-6-7-11-19(18)21/h3-4,6-7,10-12,16H,5,8-9,13-14H2,1-2H3. The minimum atomic E-state index is -0.0246. The molecule has 0 aliphatic heterocycles. The van der Waals surface area contributed by atoms with Gasteiger partial charge < -0.3 is 4.90 Å². The normalized spacial score (nSPS) is 16.8. The second kappa shape index (κ2) is 7.87. The molecule has 1 aromatic heterocycles. The van der Waals surface area contributed by atoms with Gasteiger partial charge in [-0.1, -0.05) is 35.9 Å². The van der Waals surface area contributed by atoms with Crippen LogP contribution in [0.2, 0.25) is 5.02 Å². The second-order valence-corrected chi connectivity index (χ2v) is 7.12. The fourth-order valence-corrected chi connectivity index (χ4v) is 3.48. The first-order chi connectivity index (χ1) is 12.0. The van der Waals surface area contributed by atoms with E-state index in [1.54, 1.807) is 12.1 Å². The number of hydrogen-bond acceptors (Lipinski definition) is 2. The van der Waals surface area contributed by atoms with Gasteiger partial charge in [-0.3, -0.25) is 9.48 Å². The molecule has 1 heterocycles. The first kappa shape index (κ1) is 17.7. The van der Waals surface area contributed by atoms with Crippen molar-refractivity contribution >= 4 is 17.5 Å². The number of hydrogen-bond donors (Lipinski definition) is 0. The van der Waals surface area contributed by atoms with E-state index in [4.69, 9.17) is 11.6 Å². The largest absolute Gasteiger partial charge is 0.332 e. The smallest absolute Gasteiger partial charge is 0.255 e. The Hall–Kier alpha value is -2.07. The third-order valence-electron chi connectivity index (χ3n) is 4.76. The van der Waals surface area contributed by atoms with Crippen molar-refractivity contribution in [1.82, 2.24) is 14.7 Å². The van der Waals surface area contributed by atoms with Crippen LogP contribution >= 0.6 is 11.6 Å². The van der Waals surface area contributed by atoms with Gasteiger partial charge in [-0.15, -0.1) is 0 Å². The van der Waals surface area contributed by atoms with Crippen LogP contribution in [0.25, 0.3) is 0 Å². The van der Waals surface area contributed by atoms with Crippen LogP contribution in [0.3, 0.4) is 0 Å². The lowest BCUT2D eigenvalue weighted by Gasteiger charge is -2.28. The van der Waals surface area contributed by atoms with Crippen molar-refractivity contribution in [3.63, 3.8) is 0 Å². The van der Waals surface area contributed by atoms with E-state index in [2.05, 4.69) is 17.3 Å². The van der Waals surface area contributed by atoms with E-state index in [9.17, 15) is 4.79 Å². The second-order valence-electron chi connectivity index (χ2n) is 6.72. The fourth-order valence-electron chi connectivity index (χ4n) is 3.27. The summed E-state index contributed by atoms with van der Waals surface area (Å²) in [4.78, 5) is 15.0. The summed E-state index contributed by atoms with van der Waals surface area (Å²) in [5, 5.41) is 5.02. The quantitative estimate of drug-likeness (QED) is 0.745. The molecule has 25 heavy (non-hydrogen) atoms. The molecule has 0 fully saturated rings. The van der Waals surface area contributed by atoms with Crippen molar-refractivity contribution in [3.8, 4) is 0 Å². The number of halogens is 1. The first-order valence-corrected chi connectivity index (χ1v) is 9.10. The molecule has 0 spiro atoms. The zero-order chi connectivity index (χ0) is 17.8. The van der Waals surface area contributed by atoms with Crippen LogP contribution in [-0.4, -0.2) is 27.1 Å². The summed E-state index contributed by atoms with van der Waals surface area (Å²) in [6.07, 6.45) is 7.66. The third-order valence-corrected chi connectivity index (χ3v) is 5.09. The van der Waals surface area contributed by atoms with Crippen molar-refractivity contribution in [1.29, 1.82) is 0 Å². The summed E-state index contributed by atoms with van der Waals surface area (Å²) in [6.45, 7) is 3.25. The van der Waals surface area contributed by atoms with E-state index in [-0.39, 0.29) is 5.91 Å². The molecule has 1 atom stereocenters. The summed E-state index contributed by atoms with van der Waals surface area (Å²) in [5.74, 6) is 0.463. The molecule has 0 saturated heterocycles. The van der Waals surface area contributed by atoms with E-state index in [0.29, 0.717) is 23.0 Å². The highest BCUT2D eigenvalue weighted by molar-refractivity contribution is 6.33. The Morgan fingerprint density at radius 1 is 1.36 bits per heavy atom. The summed E-state index contributed by atoms with van der Waals surface area (Å²) >= 11 is 6.26. The molecule has 0 bridgehead atoms. The van der Waals surface area contributed by atoms with Crippen LogP contribution in [0, 0.1) is 12.8 Å². The topological polar surface area (TPSA) is 38.1 Å². The Morgan fingerprint density at radius 2 is 2.16 bits per heavy atom. The van der Waals surface area contributed by atoms with E-state index in [1.807, 2.05) is 41.8 Å². The van der Waals surface area contributed by atoms with Crippen molar-refractivity contribution in [3.05, 3.63) is 64.5 Å². The minimum absolute atomic E-state index is 0.0246. The third kappa shape index (κ3) is 4.31. The molecule has 0 N–H and O–H groups in total. The molecule has 1 unspecified atom stereocenters. The van der Waals surface area contributed by atoms with Crippen molar-refractivity contribution < 1.29 is 4.79 Å². The van der Waals surface area contributed by atoms with Gasteiger partial charge in [0.05, 0.1) is 22.8 Å². The van der Waals surface area contributed by atoms with Gasteiger partial charge in [0.1, 0.15) is 0 Å². The van der Waals surface area contributed by atoms with Gasteiger partial charge in [-0.25, -0.2) is 0 Å². The Kier molecular flexibility index (Phi) is 5.59. The van der Waals surface area contributed by atoms with Crippen LogP contribution in [0.1, 0.15) is 41.0 Å². The number of allylic oxidation sites excluding steroid dienone is 2. The van der Waals surface area contributed by atoms with E-state index < -0.39 is 0 Å². The Labute approximate surface area is 154 Å². The molecular formula is C20H24ClN3O. The number of carbonyl (C=O) groups excluding carboxylic acids is 1.